The number of thioether (sulfide) groups is 2. The van der Waals surface area contributed by atoms with E-state index < -0.39 is 0 Å². The fourth-order valence-electron chi connectivity index (χ4n) is 2.72. The third kappa shape index (κ3) is 3.68. The van der Waals surface area contributed by atoms with Crippen LogP contribution in [-0.2, 0) is 4.84 Å². The molecule has 20 heavy (non-hydrogen) atoms. The summed E-state index contributed by atoms with van der Waals surface area (Å²) >= 11 is 5.04. The van der Waals surface area contributed by atoms with E-state index in [1.165, 1.54) is 37.8 Å². The molecular weight excluding hydrogens is 310 g/mol. The minimum atomic E-state index is 0.221. The Balaban J connectivity index is 1.44. The van der Waals surface area contributed by atoms with Crippen molar-refractivity contribution in [1.29, 1.82) is 0 Å². The third-order valence-electron chi connectivity index (χ3n) is 3.79. The largest absolute Gasteiger partial charge is 0.391 e. The van der Waals surface area contributed by atoms with Crippen molar-refractivity contribution in [3.63, 3.8) is 0 Å². The van der Waals surface area contributed by atoms with Crippen LogP contribution >= 0.6 is 34.9 Å². The van der Waals surface area contributed by atoms with E-state index in [0.29, 0.717) is 5.92 Å². The molecule has 0 aromatic carbocycles. The predicted octanol–water partition coefficient (Wildman–Crippen LogP) is 4.08. The monoisotopic (exact) mass is 329 g/mol. The van der Waals surface area contributed by atoms with Gasteiger partial charge in [-0.2, -0.15) is 0 Å². The van der Waals surface area contributed by atoms with E-state index in [2.05, 4.69) is 15.4 Å². The first-order valence-corrected chi connectivity index (χ1v) is 10.1. The Morgan fingerprint density at radius 3 is 2.75 bits per heavy atom. The highest BCUT2D eigenvalue weighted by Crippen LogP contribution is 2.32. The second kappa shape index (κ2) is 7.13. The van der Waals surface area contributed by atoms with Crippen LogP contribution < -0.4 is 0 Å². The maximum Gasteiger partial charge on any atom is 0.175 e. The number of rotatable bonds is 5. The van der Waals surface area contributed by atoms with Gasteiger partial charge in [-0.1, -0.05) is 59.3 Å². The van der Waals surface area contributed by atoms with Gasteiger partial charge in [-0.05, 0) is 19.1 Å². The smallest absolute Gasteiger partial charge is 0.175 e. The van der Waals surface area contributed by atoms with Gasteiger partial charge in [-0.15, -0.1) is 10.2 Å². The van der Waals surface area contributed by atoms with Gasteiger partial charge in [-0.3, -0.25) is 0 Å². The molecule has 0 amide bonds. The van der Waals surface area contributed by atoms with E-state index in [4.69, 9.17) is 4.84 Å². The lowest BCUT2D eigenvalue weighted by molar-refractivity contribution is 0.103. The topological polar surface area (TPSA) is 47.4 Å². The Morgan fingerprint density at radius 1 is 1.20 bits per heavy atom. The molecule has 1 aromatic rings. The van der Waals surface area contributed by atoms with Crippen molar-refractivity contribution in [2.45, 2.75) is 53.3 Å². The van der Waals surface area contributed by atoms with Crippen LogP contribution in [0.5, 0.6) is 0 Å². The zero-order valence-electron chi connectivity index (χ0n) is 11.6. The summed E-state index contributed by atoms with van der Waals surface area (Å²) in [5.41, 5.74) is 1.30. The maximum atomic E-state index is 5.59. The Morgan fingerprint density at radius 2 is 2.00 bits per heavy atom. The molecule has 1 atom stereocenters. The first-order chi connectivity index (χ1) is 9.85. The Kier molecular flexibility index (Phi) is 5.23. The van der Waals surface area contributed by atoms with Crippen molar-refractivity contribution in [2.24, 2.45) is 11.1 Å². The Hall–Kier alpha value is -0.270. The number of nitrogens with zero attached hydrogens (tertiary/aromatic N) is 3. The van der Waals surface area contributed by atoms with Crippen LogP contribution in [-0.4, -0.2) is 34.0 Å². The van der Waals surface area contributed by atoms with E-state index in [1.807, 2.05) is 6.26 Å². The van der Waals surface area contributed by atoms with Crippen LogP contribution in [0, 0.1) is 5.92 Å². The number of oxime groups is 1. The summed E-state index contributed by atoms with van der Waals surface area (Å²) in [7, 11) is 0. The van der Waals surface area contributed by atoms with Crippen molar-refractivity contribution in [1.82, 2.24) is 10.2 Å². The third-order valence-corrected chi connectivity index (χ3v) is 6.95. The van der Waals surface area contributed by atoms with Gasteiger partial charge in [-0.25, -0.2) is 0 Å². The van der Waals surface area contributed by atoms with Gasteiger partial charge in [0.2, 0.25) is 0 Å². The summed E-state index contributed by atoms with van der Waals surface area (Å²) in [6.07, 6.45) is 9.95. The first kappa shape index (κ1) is 14.7. The highest BCUT2D eigenvalue weighted by molar-refractivity contribution is 8.03. The number of hydrogen-bond donors (Lipinski definition) is 0. The standard InChI is InChI=1S/C13H19N3OS3/c1-18-12-14-15-13(20-12)19-8-10-7-11(16-17-10)9-5-3-2-4-6-9/h9-10H,2-8H2,1H3/t10-/m1/s1. The second-order valence-corrected chi connectivity index (χ2v) is 8.50. The van der Waals surface area contributed by atoms with Crippen molar-refractivity contribution in [3.05, 3.63) is 0 Å². The molecule has 0 N–H and O–H groups in total. The van der Waals surface area contributed by atoms with Crippen molar-refractivity contribution in [3.8, 4) is 0 Å². The average molecular weight is 330 g/mol. The van der Waals surface area contributed by atoms with Crippen molar-refractivity contribution in [2.75, 3.05) is 12.0 Å². The quantitative estimate of drug-likeness (QED) is 0.762. The van der Waals surface area contributed by atoms with Gasteiger partial charge in [0.05, 0.1) is 5.71 Å². The van der Waals surface area contributed by atoms with Crippen LogP contribution in [0.2, 0.25) is 0 Å². The van der Waals surface area contributed by atoms with Gasteiger partial charge in [0.15, 0.2) is 8.68 Å². The molecule has 1 aliphatic carbocycles. The van der Waals surface area contributed by atoms with Gasteiger partial charge >= 0.3 is 0 Å². The lowest BCUT2D eigenvalue weighted by atomic mass is 9.84. The van der Waals surface area contributed by atoms with Crippen LogP contribution in [0.15, 0.2) is 13.8 Å². The second-order valence-electron chi connectivity index (χ2n) is 5.20. The number of hydrogen-bond acceptors (Lipinski definition) is 7. The molecule has 0 saturated heterocycles. The molecule has 0 spiro atoms. The fourth-order valence-corrected chi connectivity index (χ4v) is 5.16. The van der Waals surface area contributed by atoms with Gasteiger partial charge < -0.3 is 4.84 Å². The van der Waals surface area contributed by atoms with Crippen LogP contribution in [0.25, 0.3) is 0 Å². The lowest BCUT2D eigenvalue weighted by Gasteiger charge is -2.20. The lowest BCUT2D eigenvalue weighted by Crippen LogP contribution is -2.19. The van der Waals surface area contributed by atoms with E-state index in [-0.39, 0.29) is 6.10 Å². The molecule has 1 aromatic heterocycles. The summed E-state index contributed by atoms with van der Waals surface area (Å²) in [6.45, 7) is 0. The van der Waals surface area contributed by atoms with Crippen molar-refractivity contribution < 1.29 is 4.84 Å². The zero-order chi connectivity index (χ0) is 13.8. The van der Waals surface area contributed by atoms with Gasteiger partial charge in [0, 0.05) is 18.1 Å². The molecule has 110 valence electrons. The van der Waals surface area contributed by atoms with Crippen LogP contribution in [0.4, 0.5) is 0 Å². The molecule has 0 bridgehead atoms. The van der Waals surface area contributed by atoms with E-state index in [9.17, 15) is 0 Å². The first-order valence-electron chi connectivity index (χ1n) is 7.08. The minimum absolute atomic E-state index is 0.221. The minimum Gasteiger partial charge on any atom is -0.391 e. The van der Waals surface area contributed by atoms with Crippen LogP contribution in [0.3, 0.4) is 0 Å². The maximum absolute atomic E-state index is 5.59. The molecular formula is C13H19N3OS3. The van der Waals surface area contributed by atoms with Crippen LogP contribution in [0.1, 0.15) is 38.5 Å². The highest BCUT2D eigenvalue weighted by Gasteiger charge is 2.28. The molecule has 0 unspecified atom stereocenters. The molecule has 1 aliphatic heterocycles. The van der Waals surface area contributed by atoms with Crippen molar-refractivity contribution >= 4 is 40.6 Å². The molecule has 7 heteroatoms. The highest BCUT2D eigenvalue weighted by atomic mass is 32.2. The fraction of sp³-hybridized carbons (Fsp3) is 0.769. The molecule has 1 saturated carbocycles. The molecule has 2 heterocycles. The van der Waals surface area contributed by atoms with E-state index in [0.717, 1.165) is 20.9 Å². The molecule has 0 radical (unpaired) electrons. The van der Waals surface area contributed by atoms with Gasteiger partial charge in [0.25, 0.3) is 0 Å². The Bertz CT molecular complexity index is 471. The normalized spacial score (nSPS) is 23.6. The SMILES string of the molecule is CSc1nnc(SC[C@H]2CC(C3CCCCC3)=NO2)s1. The average Bonchev–Trinajstić information content (AvgIpc) is 3.15. The van der Waals surface area contributed by atoms with E-state index in [1.54, 1.807) is 34.9 Å². The van der Waals surface area contributed by atoms with Gasteiger partial charge in [0.1, 0.15) is 6.10 Å². The molecule has 3 rings (SSSR count). The Labute approximate surface area is 132 Å². The van der Waals surface area contributed by atoms with E-state index >= 15 is 0 Å². The summed E-state index contributed by atoms with van der Waals surface area (Å²) < 4.78 is 2.06. The summed E-state index contributed by atoms with van der Waals surface area (Å²) in [6, 6.07) is 0. The summed E-state index contributed by atoms with van der Waals surface area (Å²) in [5.74, 6) is 1.60. The predicted molar refractivity (Wildman–Crippen MR) is 85.9 cm³/mol. The molecule has 2 aliphatic rings. The summed E-state index contributed by atoms with van der Waals surface area (Å²) in [5, 5.41) is 12.6. The number of aromatic nitrogens is 2. The molecule has 4 nitrogen and oxygen atoms in total. The zero-order valence-corrected chi connectivity index (χ0v) is 14.0. The molecule has 1 fully saturated rings. The summed E-state index contributed by atoms with van der Waals surface area (Å²) in [4.78, 5) is 5.59.